The number of non-ortho nitro benzene ring substituents is 2. The largest absolute Gasteiger partial charge is 0.508 e. The van der Waals surface area contributed by atoms with E-state index in [1.54, 1.807) is 6.07 Å². The van der Waals surface area contributed by atoms with Crippen molar-refractivity contribution in [3.63, 3.8) is 0 Å². The minimum Gasteiger partial charge on any atom is -0.508 e. The number of aromatic hydroxyl groups is 1. The number of fused-ring (bicyclic) bond motifs is 1. The van der Waals surface area contributed by atoms with Crippen LogP contribution in [0.25, 0.3) is 10.8 Å². The maximum atomic E-state index is 13.5. The average Bonchev–Trinajstić information content (AvgIpc) is 3.43. The second-order valence-electron chi connectivity index (χ2n) is 11.5. The summed E-state index contributed by atoms with van der Waals surface area (Å²) >= 11 is 1.27. The third-order valence-electron chi connectivity index (χ3n) is 8.11. The lowest BCUT2D eigenvalue weighted by Crippen LogP contribution is -2.37. The predicted molar refractivity (Wildman–Crippen MR) is 180 cm³/mol. The molecule has 1 N–H and O–H groups in total. The monoisotopic (exact) mass is 688 g/mol. The Morgan fingerprint density at radius 3 is 1.88 bits per heavy atom. The summed E-state index contributed by atoms with van der Waals surface area (Å²) in [5.74, 6) is -0.0440. The number of likely N-dealkylation sites (tertiary alicyclic amines) is 1. The summed E-state index contributed by atoms with van der Waals surface area (Å²) in [6, 6.07) is 19.3. The fourth-order valence-electron chi connectivity index (χ4n) is 5.80. The summed E-state index contributed by atoms with van der Waals surface area (Å²) in [4.78, 5) is 62.4. The summed E-state index contributed by atoms with van der Waals surface area (Å²) in [7, 11) is 1.93. The summed E-state index contributed by atoms with van der Waals surface area (Å²) in [5.41, 5.74) is 1.69. The summed E-state index contributed by atoms with van der Waals surface area (Å²) < 4.78 is 10.9. The van der Waals surface area contributed by atoms with Crippen LogP contribution in [0.4, 0.5) is 21.0 Å². The molecule has 49 heavy (non-hydrogen) atoms. The number of carbonyl (C=O) groups is 3. The van der Waals surface area contributed by atoms with Crippen LogP contribution in [0.1, 0.15) is 41.6 Å². The Bertz CT molecular complexity index is 1830. The molecular formula is C34H32N4O10S. The zero-order valence-electron chi connectivity index (χ0n) is 26.5. The lowest BCUT2D eigenvalue weighted by Gasteiger charge is -2.25. The maximum absolute atomic E-state index is 13.5. The third kappa shape index (κ3) is 8.31. The molecule has 254 valence electrons. The highest BCUT2D eigenvalue weighted by molar-refractivity contribution is 8.14. The number of benzene rings is 4. The molecule has 2 amide bonds. The van der Waals surface area contributed by atoms with Gasteiger partial charge in [0.15, 0.2) is 5.12 Å². The van der Waals surface area contributed by atoms with E-state index in [4.69, 9.17) is 9.47 Å². The molecular weight excluding hydrogens is 656 g/mol. The van der Waals surface area contributed by atoms with Gasteiger partial charge >= 0.3 is 12.2 Å². The highest BCUT2D eigenvalue weighted by Crippen LogP contribution is 2.44. The van der Waals surface area contributed by atoms with Gasteiger partial charge < -0.3 is 14.6 Å². The van der Waals surface area contributed by atoms with Gasteiger partial charge in [-0.3, -0.25) is 29.9 Å². The zero-order valence-corrected chi connectivity index (χ0v) is 27.3. The van der Waals surface area contributed by atoms with Crippen molar-refractivity contribution in [3.8, 4) is 5.75 Å². The smallest absolute Gasteiger partial charge is 0.419 e. The van der Waals surface area contributed by atoms with Gasteiger partial charge in [0.2, 0.25) is 0 Å². The van der Waals surface area contributed by atoms with Crippen LogP contribution in [0.3, 0.4) is 0 Å². The number of rotatable bonds is 10. The first-order valence-electron chi connectivity index (χ1n) is 15.1. The lowest BCUT2D eigenvalue weighted by molar-refractivity contribution is -0.385. The minimum absolute atomic E-state index is 0.0181. The average molecular weight is 689 g/mol. The van der Waals surface area contributed by atoms with Gasteiger partial charge in [0, 0.05) is 54.6 Å². The molecule has 0 spiro atoms. The van der Waals surface area contributed by atoms with Crippen molar-refractivity contribution in [2.45, 2.75) is 44.4 Å². The fraction of sp³-hybridized carbons (Fsp3) is 0.265. The summed E-state index contributed by atoms with van der Waals surface area (Å²) in [5, 5.41) is 34.9. The Hall–Kier alpha value is -5.54. The number of carbonyl (C=O) groups excluding carboxylic acids is 3. The first-order chi connectivity index (χ1) is 23.4. The van der Waals surface area contributed by atoms with E-state index in [-0.39, 0.29) is 53.3 Å². The van der Waals surface area contributed by atoms with Gasteiger partial charge in [0.05, 0.1) is 16.4 Å². The molecule has 1 fully saturated rings. The Balaban J connectivity index is 1.42. The quantitative estimate of drug-likeness (QED) is 0.135. The van der Waals surface area contributed by atoms with Crippen molar-refractivity contribution in [3.05, 3.63) is 121 Å². The molecule has 0 bridgehead atoms. The molecule has 2 atom stereocenters. The Labute approximate surface area is 284 Å². The van der Waals surface area contributed by atoms with Crippen LogP contribution in [0.2, 0.25) is 0 Å². The van der Waals surface area contributed by atoms with Gasteiger partial charge in [-0.25, -0.2) is 14.5 Å². The Morgan fingerprint density at radius 2 is 1.39 bits per heavy atom. The standard InChI is InChI=1S/C34H32N4O10S/c1-21(39)49-27-16-30(35(2)18-27)32-29-6-4-3-5-28(29)24(15-31(32)40)17-36(33(41)47-19-22-7-11-25(12-8-22)37(43)44)34(42)48-20-23-9-13-26(14-10-23)38(45)46/h3-15,27,30,40H,16-20H2,1-2H3/t27-,30-/m0/s1. The molecule has 1 aliphatic rings. The van der Waals surface area contributed by atoms with Crippen LogP contribution < -0.4 is 0 Å². The van der Waals surface area contributed by atoms with Crippen LogP contribution >= 0.6 is 11.8 Å². The number of ether oxygens (including phenoxy) is 2. The molecule has 0 saturated carbocycles. The van der Waals surface area contributed by atoms with Crippen LogP contribution in [0.5, 0.6) is 5.75 Å². The van der Waals surface area contributed by atoms with E-state index in [1.165, 1.54) is 73.3 Å². The maximum Gasteiger partial charge on any atom is 0.419 e. The number of nitro benzene ring substituents is 2. The molecule has 5 rings (SSSR count). The van der Waals surface area contributed by atoms with E-state index in [1.807, 2.05) is 25.2 Å². The molecule has 1 saturated heterocycles. The number of thioether (sulfide) groups is 1. The third-order valence-corrected chi connectivity index (χ3v) is 9.12. The summed E-state index contributed by atoms with van der Waals surface area (Å²) in [6.45, 7) is 1.22. The number of amides is 2. The van der Waals surface area contributed by atoms with E-state index in [9.17, 15) is 39.7 Å². The van der Waals surface area contributed by atoms with E-state index >= 15 is 0 Å². The number of nitro groups is 2. The highest BCUT2D eigenvalue weighted by Gasteiger charge is 2.35. The normalized spacial score (nSPS) is 15.9. The topological polar surface area (TPSA) is 183 Å². The molecule has 4 aromatic rings. The Kier molecular flexibility index (Phi) is 10.7. The Morgan fingerprint density at radius 1 is 0.878 bits per heavy atom. The van der Waals surface area contributed by atoms with Gasteiger partial charge in [0.25, 0.3) is 11.4 Å². The van der Waals surface area contributed by atoms with Crippen LogP contribution in [0.15, 0.2) is 78.9 Å². The van der Waals surface area contributed by atoms with Gasteiger partial charge in [-0.05, 0) is 71.3 Å². The van der Waals surface area contributed by atoms with Crippen LogP contribution in [-0.2, 0) is 34.0 Å². The van der Waals surface area contributed by atoms with Crippen molar-refractivity contribution >= 4 is 51.2 Å². The second-order valence-corrected chi connectivity index (χ2v) is 13.0. The van der Waals surface area contributed by atoms with Crippen molar-refractivity contribution in [2.24, 2.45) is 0 Å². The molecule has 0 aliphatic carbocycles. The highest BCUT2D eigenvalue weighted by atomic mass is 32.2. The van der Waals surface area contributed by atoms with Crippen molar-refractivity contribution in [1.82, 2.24) is 9.80 Å². The summed E-state index contributed by atoms with van der Waals surface area (Å²) in [6.07, 6.45) is -1.51. The zero-order chi connectivity index (χ0) is 35.2. The molecule has 4 aromatic carbocycles. The molecule has 0 radical (unpaired) electrons. The van der Waals surface area contributed by atoms with Crippen molar-refractivity contribution < 1.29 is 38.8 Å². The molecule has 0 aromatic heterocycles. The molecule has 15 heteroatoms. The lowest BCUT2D eigenvalue weighted by atomic mass is 9.93. The van der Waals surface area contributed by atoms with E-state index < -0.39 is 22.0 Å². The fourth-order valence-corrected chi connectivity index (χ4v) is 6.85. The number of imide groups is 1. The number of nitrogens with zero attached hydrogens (tertiary/aromatic N) is 4. The second kappa shape index (κ2) is 15.1. The van der Waals surface area contributed by atoms with Gasteiger partial charge in [-0.2, -0.15) is 0 Å². The predicted octanol–water partition coefficient (Wildman–Crippen LogP) is 6.86. The molecule has 14 nitrogen and oxygen atoms in total. The number of phenolic OH excluding ortho intramolecular Hbond substituents is 1. The first kappa shape index (κ1) is 34.8. The number of hydrogen-bond acceptors (Lipinski definition) is 12. The molecule has 1 aliphatic heterocycles. The van der Waals surface area contributed by atoms with Gasteiger partial charge in [-0.1, -0.05) is 36.0 Å². The van der Waals surface area contributed by atoms with Crippen LogP contribution in [-0.4, -0.2) is 60.9 Å². The SMILES string of the molecule is CC(=O)S[C@H]1C[C@@H](c2c(O)cc(CN(C(=O)OCc3ccc([N+](=O)[O-])cc3)C(=O)OCc3ccc([N+](=O)[O-])cc3)c3ccccc23)N(C)C1. The first-order valence-corrected chi connectivity index (χ1v) is 16.0. The van der Waals surface area contributed by atoms with Gasteiger partial charge in [0.1, 0.15) is 19.0 Å². The van der Waals surface area contributed by atoms with E-state index in [0.717, 1.165) is 4.90 Å². The van der Waals surface area contributed by atoms with Crippen molar-refractivity contribution in [2.75, 3.05) is 13.6 Å². The minimum atomic E-state index is -1.07. The number of hydrogen-bond donors (Lipinski definition) is 1. The van der Waals surface area contributed by atoms with E-state index in [2.05, 4.69) is 4.90 Å². The van der Waals surface area contributed by atoms with E-state index in [0.29, 0.717) is 46.0 Å². The molecule has 0 unspecified atom stereocenters. The molecule has 1 heterocycles. The van der Waals surface area contributed by atoms with Gasteiger partial charge in [-0.15, -0.1) is 0 Å². The van der Waals surface area contributed by atoms with Crippen molar-refractivity contribution in [1.29, 1.82) is 0 Å². The number of phenols is 1. The van der Waals surface area contributed by atoms with Crippen LogP contribution in [0, 0.1) is 20.2 Å².